The summed E-state index contributed by atoms with van der Waals surface area (Å²) in [7, 11) is 0. The molecule has 0 aliphatic carbocycles. The predicted octanol–water partition coefficient (Wildman–Crippen LogP) is 1.99. The van der Waals surface area contributed by atoms with Gasteiger partial charge in [-0.2, -0.15) is 0 Å². The van der Waals surface area contributed by atoms with Crippen LogP contribution in [0.25, 0.3) is 11.2 Å². The third-order valence-corrected chi connectivity index (χ3v) is 4.57. The fourth-order valence-electron chi connectivity index (χ4n) is 3.15. The number of hydrogen-bond acceptors (Lipinski definition) is 5. The smallest absolute Gasteiger partial charge is 0.330 e. The van der Waals surface area contributed by atoms with Gasteiger partial charge in [0.25, 0.3) is 5.56 Å². The number of hydrogen-bond donors (Lipinski definition) is 1. The summed E-state index contributed by atoms with van der Waals surface area (Å²) in [5.74, 6) is 0.0680. The van der Waals surface area contributed by atoms with E-state index in [1.807, 2.05) is 44.2 Å². The maximum absolute atomic E-state index is 12.4. The Kier molecular flexibility index (Phi) is 6.08. The van der Waals surface area contributed by atoms with E-state index in [1.54, 1.807) is 4.57 Å². The highest BCUT2D eigenvalue weighted by atomic mass is 16.5. The van der Waals surface area contributed by atoms with Crippen LogP contribution in [0.3, 0.4) is 0 Å². The number of nitrogens with zero attached hydrogens (tertiary/aromatic N) is 3. The Morgan fingerprint density at radius 1 is 1.14 bits per heavy atom. The molecule has 0 saturated heterocycles. The first-order valence-electron chi connectivity index (χ1n) is 9.46. The predicted molar refractivity (Wildman–Crippen MR) is 105 cm³/mol. The number of benzene rings is 1. The molecular weight excluding hydrogens is 360 g/mol. The highest BCUT2D eigenvalue weighted by Crippen LogP contribution is 2.13. The fraction of sp³-hybridized carbons (Fsp3) is 0.400. The van der Waals surface area contributed by atoms with Crippen molar-refractivity contribution in [2.45, 2.75) is 52.8 Å². The van der Waals surface area contributed by atoms with Gasteiger partial charge in [0.2, 0.25) is 0 Å². The van der Waals surface area contributed by atoms with Gasteiger partial charge in [-0.25, -0.2) is 9.78 Å². The fourth-order valence-corrected chi connectivity index (χ4v) is 3.15. The molecule has 1 N–H and O–H groups in total. The van der Waals surface area contributed by atoms with Gasteiger partial charge < -0.3 is 9.30 Å². The first kappa shape index (κ1) is 19.6. The summed E-state index contributed by atoms with van der Waals surface area (Å²) in [6.07, 6.45) is 1.86. The number of aryl methyl sites for hydroxylation is 2. The Morgan fingerprint density at radius 3 is 2.57 bits per heavy atom. The average molecular weight is 384 g/mol. The highest BCUT2D eigenvalue weighted by Gasteiger charge is 2.18. The molecule has 0 bridgehead atoms. The highest BCUT2D eigenvalue weighted by molar-refractivity contribution is 5.73. The molecule has 2 heterocycles. The maximum atomic E-state index is 12.4. The number of rotatable bonds is 8. The molecule has 0 saturated carbocycles. The minimum absolute atomic E-state index is 0.0599. The second kappa shape index (κ2) is 8.69. The quantitative estimate of drug-likeness (QED) is 0.599. The van der Waals surface area contributed by atoms with Gasteiger partial charge in [-0.05, 0) is 18.9 Å². The topological polar surface area (TPSA) is 99.0 Å². The van der Waals surface area contributed by atoms with Crippen LogP contribution in [0, 0.1) is 0 Å². The number of unbranched alkanes of at least 4 members (excludes halogenated alkanes) is 1. The van der Waals surface area contributed by atoms with Gasteiger partial charge in [0, 0.05) is 13.1 Å². The van der Waals surface area contributed by atoms with Crippen LogP contribution in [0.15, 0.2) is 39.9 Å². The summed E-state index contributed by atoms with van der Waals surface area (Å²) < 4.78 is 8.53. The standard InChI is InChI=1S/C20H24N4O4/c1-3-5-11-24-18-17(19(26)22-20(24)27)23(4-2)15(21-18)13-28-16(25)12-14-9-7-6-8-10-14/h6-10H,3-5,11-13H2,1-2H3,(H,22,26,27). The van der Waals surface area contributed by atoms with E-state index >= 15 is 0 Å². The molecule has 0 radical (unpaired) electrons. The lowest BCUT2D eigenvalue weighted by atomic mass is 10.2. The van der Waals surface area contributed by atoms with E-state index in [0.717, 1.165) is 18.4 Å². The number of aromatic amines is 1. The van der Waals surface area contributed by atoms with E-state index in [-0.39, 0.29) is 19.0 Å². The minimum Gasteiger partial charge on any atom is -0.457 e. The second-order valence-corrected chi connectivity index (χ2v) is 6.53. The Labute approximate surface area is 161 Å². The van der Waals surface area contributed by atoms with Crippen LogP contribution in [0.2, 0.25) is 0 Å². The van der Waals surface area contributed by atoms with Crippen molar-refractivity contribution in [3.05, 3.63) is 62.6 Å². The number of aromatic nitrogens is 4. The molecule has 3 rings (SSSR count). The molecule has 1 aromatic carbocycles. The minimum atomic E-state index is -0.482. The number of fused-ring (bicyclic) bond motifs is 1. The molecule has 0 amide bonds. The zero-order valence-corrected chi connectivity index (χ0v) is 16.1. The van der Waals surface area contributed by atoms with Gasteiger partial charge in [-0.3, -0.25) is 19.1 Å². The van der Waals surface area contributed by atoms with Gasteiger partial charge in [0.05, 0.1) is 6.42 Å². The molecule has 2 aromatic heterocycles. The third kappa shape index (κ3) is 4.05. The normalized spacial score (nSPS) is 11.1. The molecular formula is C20H24N4O4. The summed E-state index contributed by atoms with van der Waals surface area (Å²) in [6, 6.07) is 9.32. The van der Waals surface area contributed by atoms with Gasteiger partial charge in [0.1, 0.15) is 12.4 Å². The summed E-state index contributed by atoms with van der Waals surface area (Å²) in [5, 5.41) is 0. The van der Waals surface area contributed by atoms with E-state index in [1.165, 1.54) is 4.57 Å². The van der Waals surface area contributed by atoms with Crippen molar-refractivity contribution in [2.24, 2.45) is 0 Å². The van der Waals surface area contributed by atoms with E-state index in [0.29, 0.717) is 30.1 Å². The molecule has 0 aliphatic rings. The van der Waals surface area contributed by atoms with E-state index in [4.69, 9.17) is 4.74 Å². The maximum Gasteiger partial charge on any atom is 0.330 e. The number of nitrogens with one attached hydrogen (secondary N) is 1. The van der Waals surface area contributed by atoms with Gasteiger partial charge >= 0.3 is 11.7 Å². The van der Waals surface area contributed by atoms with Crippen LogP contribution in [-0.4, -0.2) is 25.1 Å². The molecule has 0 unspecified atom stereocenters. The molecule has 0 spiro atoms. The second-order valence-electron chi connectivity index (χ2n) is 6.53. The Balaban J connectivity index is 1.88. The van der Waals surface area contributed by atoms with Gasteiger partial charge in [-0.1, -0.05) is 43.7 Å². The molecule has 0 fully saturated rings. The Hall–Kier alpha value is -3.16. The van der Waals surface area contributed by atoms with Crippen LogP contribution in [-0.2, 0) is 35.6 Å². The molecule has 3 aromatic rings. The summed E-state index contributed by atoms with van der Waals surface area (Å²) in [5.41, 5.74) is 0.565. The Morgan fingerprint density at radius 2 is 1.89 bits per heavy atom. The zero-order valence-electron chi connectivity index (χ0n) is 16.1. The molecule has 8 heteroatoms. The van der Waals surface area contributed by atoms with E-state index < -0.39 is 11.2 Å². The van der Waals surface area contributed by atoms with Crippen LogP contribution < -0.4 is 11.2 Å². The Bertz CT molecular complexity index is 1080. The van der Waals surface area contributed by atoms with Crippen molar-refractivity contribution in [3.63, 3.8) is 0 Å². The lowest BCUT2D eigenvalue weighted by Gasteiger charge is -2.07. The van der Waals surface area contributed by atoms with E-state index in [2.05, 4.69) is 9.97 Å². The molecule has 148 valence electrons. The monoisotopic (exact) mass is 384 g/mol. The first-order chi connectivity index (χ1) is 13.5. The number of ether oxygens (including phenoxy) is 1. The number of imidazole rings is 1. The SMILES string of the molecule is CCCCn1c(=O)[nH]c(=O)c2c1nc(COC(=O)Cc1ccccc1)n2CC. The molecule has 28 heavy (non-hydrogen) atoms. The number of carbonyl (C=O) groups is 1. The molecule has 8 nitrogen and oxygen atoms in total. The average Bonchev–Trinajstić information content (AvgIpc) is 3.06. The number of H-pyrrole nitrogens is 1. The molecule has 0 aliphatic heterocycles. The van der Waals surface area contributed by atoms with Crippen molar-refractivity contribution >= 4 is 17.1 Å². The van der Waals surface area contributed by atoms with Crippen LogP contribution in [0.1, 0.15) is 38.1 Å². The summed E-state index contributed by atoms with van der Waals surface area (Å²) in [4.78, 5) is 43.5. The lowest BCUT2D eigenvalue weighted by Crippen LogP contribution is -2.31. The van der Waals surface area contributed by atoms with Crippen molar-refractivity contribution < 1.29 is 9.53 Å². The van der Waals surface area contributed by atoms with Crippen molar-refractivity contribution in [3.8, 4) is 0 Å². The van der Waals surface area contributed by atoms with Crippen LogP contribution in [0.5, 0.6) is 0 Å². The van der Waals surface area contributed by atoms with Gasteiger partial charge in [-0.15, -0.1) is 0 Å². The summed E-state index contributed by atoms with van der Waals surface area (Å²) >= 11 is 0. The van der Waals surface area contributed by atoms with Crippen molar-refractivity contribution in [2.75, 3.05) is 0 Å². The third-order valence-electron chi connectivity index (χ3n) is 4.57. The van der Waals surface area contributed by atoms with Crippen LogP contribution in [0.4, 0.5) is 0 Å². The van der Waals surface area contributed by atoms with Crippen molar-refractivity contribution in [1.29, 1.82) is 0 Å². The number of esters is 1. The van der Waals surface area contributed by atoms with Crippen LogP contribution >= 0.6 is 0 Å². The van der Waals surface area contributed by atoms with Gasteiger partial charge in [0.15, 0.2) is 11.2 Å². The lowest BCUT2D eigenvalue weighted by molar-refractivity contribution is -0.144. The number of carbonyl (C=O) groups excluding carboxylic acids is 1. The first-order valence-corrected chi connectivity index (χ1v) is 9.46. The van der Waals surface area contributed by atoms with Crippen molar-refractivity contribution in [1.82, 2.24) is 19.1 Å². The largest absolute Gasteiger partial charge is 0.457 e. The summed E-state index contributed by atoms with van der Waals surface area (Å²) in [6.45, 7) is 4.77. The van der Waals surface area contributed by atoms with E-state index in [9.17, 15) is 14.4 Å². The zero-order chi connectivity index (χ0) is 20.1. The molecule has 0 atom stereocenters.